The van der Waals surface area contributed by atoms with E-state index in [9.17, 15) is 5.11 Å². The Kier molecular flexibility index (Phi) is 4.68. The summed E-state index contributed by atoms with van der Waals surface area (Å²) < 4.78 is 7.59. The van der Waals surface area contributed by atoms with Crippen LogP contribution in [0.3, 0.4) is 0 Å². The first-order valence-electron chi connectivity index (χ1n) is 8.47. The highest BCUT2D eigenvalue weighted by atomic mass is 32.1. The lowest BCUT2D eigenvalue weighted by Gasteiger charge is -2.08. The number of thiocarbonyl (C=S) groups is 1. The molecule has 2 aromatic carbocycles. The number of nitrogens with zero attached hydrogens (tertiary/aromatic N) is 1. The van der Waals surface area contributed by atoms with Gasteiger partial charge in [0.1, 0.15) is 5.58 Å². The summed E-state index contributed by atoms with van der Waals surface area (Å²) in [6.07, 6.45) is 3.65. The van der Waals surface area contributed by atoms with Gasteiger partial charge >= 0.3 is 0 Å². The number of aliphatic hydroxyl groups is 1. The minimum Gasteiger partial charge on any atom is -0.500 e. The van der Waals surface area contributed by atoms with Crippen LogP contribution in [0.5, 0.6) is 0 Å². The van der Waals surface area contributed by atoms with Crippen LogP contribution in [-0.4, -0.2) is 10.1 Å². The molecule has 2 heterocycles. The SMILES string of the molecule is O/C(=C(/C(=S)Nc1ccccc1)[n+]1ccccc1)c1cc2ccccc2o1. The van der Waals surface area contributed by atoms with Gasteiger partial charge in [-0.1, -0.05) is 54.7 Å². The van der Waals surface area contributed by atoms with Crippen molar-refractivity contribution in [2.24, 2.45) is 0 Å². The number of para-hydroxylation sites is 2. The Hall–Kier alpha value is -3.44. The van der Waals surface area contributed by atoms with Crippen LogP contribution in [0.25, 0.3) is 22.4 Å². The van der Waals surface area contributed by atoms with Gasteiger partial charge in [-0.3, -0.25) is 0 Å². The molecule has 27 heavy (non-hydrogen) atoms. The molecule has 0 unspecified atom stereocenters. The molecule has 0 saturated carbocycles. The van der Waals surface area contributed by atoms with Crippen molar-refractivity contribution in [2.75, 3.05) is 5.32 Å². The summed E-state index contributed by atoms with van der Waals surface area (Å²) in [4.78, 5) is 0.385. The molecule has 2 aromatic heterocycles. The summed E-state index contributed by atoms with van der Waals surface area (Å²) in [5.41, 5.74) is 1.99. The molecule has 2 N–H and O–H groups in total. The number of fused-ring (bicyclic) bond motifs is 1. The van der Waals surface area contributed by atoms with E-state index in [4.69, 9.17) is 16.6 Å². The van der Waals surface area contributed by atoms with Gasteiger partial charge in [0.15, 0.2) is 23.1 Å². The molecule has 0 fully saturated rings. The van der Waals surface area contributed by atoms with E-state index in [0.29, 0.717) is 22.0 Å². The van der Waals surface area contributed by atoms with Crippen molar-refractivity contribution in [3.8, 4) is 0 Å². The molecule has 0 aliphatic carbocycles. The summed E-state index contributed by atoms with van der Waals surface area (Å²) in [7, 11) is 0. The number of aromatic nitrogens is 1. The summed E-state index contributed by atoms with van der Waals surface area (Å²) in [6.45, 7) is 0. The highest BCUT2D eigenvalue weighted by Gasteiger charge is 2.25. The van der Waals surface area contributed by atoms with E-state index in [-0.39, 0.29) is 5.76 Å². The summed E-state index contributed by atoms with van der Waals surface area (Å²) in [6, 6.07) is 24.7. The Morgan fingerprint density at radius 2 is 1.56 bits per heavy atom. The van der Waals surface area contributed by atoms with E-state index >= 15 is 0 Å². The molecule has 4 nitrogen and oxygen atoms in total. The number of benzene rings is 2. The van der Waals surface area contributed by atoms with E-state index < -0.39 is 0 Å². The van der Waals surface area contributed by atoms with E-state index in [1.165, 1.54) is 0 Å². The summed E-state index contributed by atoms with van der Waals surface area (Å²) >= 11 is 5.61. The van der Waals surface area contributed by atoms with Crippen molar-refractivity contribution >= 4 is 45.3 Å². The molecular formula is C22H17N2O2S+. The van der Waals surface area contributed by atoms with Crippen LogP contribution >= 0.6 is 12.2 Å². The zero-order chi connectivity index (χ0) is 18.6. The maximum absolute atomic E-state index is 11.0. The Balaban J connectivity index is 1.81. The normalized spacial score (nSPS) is 11.9. The van der Waals surface area contributed by atoms with Crippen molar-refractivity contribution in [1.29, 1.82) is 0 Å². The molecule has 5 heteroatoms. The molecule has 0 saturated heterocycles. The van der Waals surface area contributed by atoms with Gasteiger partial charge in [-0.05, 0) is 24.3 Å². The van der Waals surface area contributed by atoms with Crippen LogP contribution in [0.2, 0.25) is 0 Å². The third kappa shape index (κ3) is 3.59. The van der Waals surface area contributed by atoms with Gasteiger partial charge in [-0.25, -0.2) is 0 Å². The van der Waals surface area contributed by atoms with Gasteiger partial charge < -0.3 is 14.8 Å². The minimum absolute atomic E-state index is 0.0316. The fourth-order valence-electron chi connectivity index (χ4n) is 2.82. The van der Waals surface area contributed by atoms with Crippen LogP contribution in [0.1, 0.15) is 5.76 Å². The van der Waals surface area contributed by atoms with E-state index in [1.54, 1.807) is 10.6 Å². The zero-order valence-electron chi connectivity index (χ0n) is 14.4. The molecule has 4 rings (SSSR count). The van der Waals surface area contributed by atoms with E-state index in [1.807, 2.05) is 85.2 Å². The number of aliphatic hydroxyl groups excluding tert-OH is 1. The lowest BCUT2D eigenvalue weighted by Crippen LogP contribution is -2.38. The monoisotopic (exact) mass is 373 g/mol. The topological polar surface area (TPSA) is 49.3 Å². The number of hydrogen-bond donors (Lipinski definition) is 2. The van der Waals surface area contributed by atoms with Gasteiger partial charge in [0.2, 0.25) is 5.76 Å². The second kappa shape index (κ2) is 7.43. The fourth-order valence-corrected chi connectivity index (χ4v) is 3.14. The van der Waals surface area contributed by atoms with Gasteiger partial charge in [0.25, 0.3) is 5.70 Å². The zero-order valence-corrected chi connectivity index (χ0v) is 15.2. The molecule has 0 radical (unpaired) electrons. The molecular weight excluding hydrogens is 356 g/mol. The Morgan fingerprint density at radius 1 is 0.889 bits per heavy atom. The van der Waals surface area contributed by atoms with Crippen LogP contribution in [-0.2, 0) is 0 Å². The minimum atomic E-state index is -0.0316. The van der Waals surface area contributed by atoms with Gasteiger partial charge in [0.05, 0.1) is 0 Å². The smallest absolute Gasteiger partial charge is 0.291 e. The molecule has 0 amide bonds. The molecule has 4 aromatic rings. The lowest BCUT2D eigenvalue weighted by atomic mass is 10.2. The average Bonchev–Trinajstić information content (AvgIpc) is 3.14. The molecule has 132 valence electrons. The summed E-state index contributed by atoms with van der Waals surface area (Å²) in [5, 5.41) is 15.1. The van der Waals surface area contributed by atoms with Crippen LogP contribution < -0.4 is 9.88 Å². The largest absolute Gasteiger partial charge is 0.500 e. The van der Waals surface area contributed by atoms with Crippen molar-refractivity contribution in [1.82, 2.24) is 0 Å². The Labute approximate surface area is 162 Å². The number of furan rings is 1. The van der Waals surface area contributed by atoms with Crippen LogP contribution in [0.4, 0.5) is 5.69 Å². The van der Waals surface area contributed by atoms with Crippen molar-refractivity contribution in [3.63, 3.8) is 0 Å². The molecule has 0 spiro atoms. The van der Waals surface area contributed by atoms with E-state index in [2.05, 4.69) is 5.32 Å². The van der Waals surface area contributed by atoms with Crippen molar-refractivity contribution in [3.05, 3.63) is 97.0 Å². The summed E-state index contributed by atoms with van der Waals surface area (Å²) in [5.74, 6) is 0.329. The lowest BCUT2D eigenvalue weighted by molar-refractivity contribution is -0.575. The highest BCUT2D eigenvalue weighted by Crippen LogP contribution is 2.26. The van der Waals surface area contributed by atoms with Gasteiger partial charge in [-0.2, -0.15) is 4.57 Å². The molecule has 0 aliphatic rings. The number of rotatable bonds is 4. The Morgan fingerprint density at radius 3 is 2.30 bits per heavy atom. The standard InChI is InChI=1S/C22H16N2O2S/c25-21(19-15-16-9-5-6-12-18(16)26-19)20(24-13-7-2-8-14-24)22(27)23-17-10-3-1-4-11-17/h1-15H,(H-,23,25,27)/p+1. The van der Waals surface area contributed by atoms with Crippen molar-refractivity contribution < 1.29 is 14.1 Å². The van der Waals surface area contributed by atoms with Crippen LogP contribution in [0.15, 0.2) is 95.7 Å². The number of pyridine rings is 1. The first-order chi connectivity index (χ1) is 13.2. The number of nitrogens with one attached hydrogen (secondary N) is 1. The predicted molar refractivity (Wildman–Crippen MR) is 111 cm³/mol. The maximum atomic E-state index is 11.0. The predicted octanol–water partition coefficient (Wildman–Crippen LogP) is 5.04. The second-order valence-corrected chi connectivity index (χ2v) is 6.36. The third-order valence-corrected chi connectivity index (χ3v) is 4.40. The fraction of sp³-hybridized carbons (Fsp3) is 0. The first-order valence-corrected chi connectivity index (χ1v) is 8.88. The molecule has 0 bridgehead atoms. The quantitative estimate of drug-likeness (QED) is 0.228. The number of hydrogen-bond acceptors (Lipinski definition) is 3. The van der Waals surface area contributed by atoms with Gasteiger partial charge in [-0.15, -0.1) is 0 Å². The number of anilines is 1. The Bertz CT molecular complexity index is 1090. The average molecular weight is 373 g/mol. The van der Waals surface area contributed by atoms with Crippen LogP contribution in [0, 0.1) is 0 Å². The first kappa shape index (κ1) is 17.0. The van der Waals surface area contributed by atoms with Gasteiger partial charge in [0, 0.05) is 23.2 Å². The molecule has 0 atom stereocenters. The molecule has 0 aliphatic heterocycles. The van der Waals surface area contributed by atoms with E-state index in [0.717, 1.165) is 11.1 Å². The third-order valence-electron chi connectivity index (χ3n) is 4.10. The maximum Gasteiger partial charge on any atom is 0.291 e. The highest BCUT2D eigenvalue weighted by molar-refractivity contribution is 7.81. The van der Waals surface area contributed by atoms with Crippen molar-refractivity contribution in [2.45, 2.75) is 0 Å². The second-order valence-electron chi connectivity index (χ2n) is 5.95.